The van der Waals surface area contributed by atoms with Crippen LogP contribution in [-0.2, 0) is 4.79 Å². The fraction of sp³-hybridized carbons (Fsp3) is 0.385. The van der Waals surface area contributed by atoms with Crippen LogP contribution in [0, 0.1) is 5.92 Å². The topological polar surface area (TPSA) is 78.4 Å². The molecule has 6 heteroatoms. The molecule has 1 heterocycles. The molecule has 1 aliphatic heterocycles. The Kier molecular flexibility index (Phi) is 5.79. The minimum absolute atomic E-state index is 0. The van der Waals surface area contributed by atoms with Gasteiger partial charge in [0.15, 0.2) is 0 Å². The first-order valence-corrected chi connectivity index (χ1v) is 6.02. The number of para-hydroxylation sites is 1. The summed E-state index contributed by atoms with van der Waals surface area (Å²) in [6, 6.07) is 6.44. The van der Waals surface area contributed by atoms with E-state index in [2.05, 4.69) is 10.6 Å². The lowest BCUT2D eigenvalue weighted by Gasteiger charge is -2.22. The summed E-state index contributed by atoms with van der Waals surface area (Å²) >= 11 is 0. The zero-order chi connectivity index (χ0) is 13.0. The van der Waals surface area contributed by atoms with Gasteiger partial charge in [0.05, 0.1) is 17.2 Å². The fourth-order valence-electron chi connectivity index (χ4n) is 2.09. The second kappa shape index (κ2) is 7.11. The molecule has 0 aromatic heterocycles. The molecule has 0 aliphatic carbocycles. The second-order valence-electron chi connectivity index (χ2n) is 4.38. The number of hydrogen-bond donors (Lipinski definition) is 3. The van der Waals surface area contributed by atoms with Crippen molar-refractivity contribution >= 4 is 30.0 Å². The van der Waals surface area contributed by atoms with Gasteiger partial charge >= 0.3 is 5.97 Å². The molecule has 0 spiro atoms. The molecule has 0 radical (unpaired) electrons. The van der Waals surface area contributed by atoms with Crippen molar-refractivity contribution in [3.05, 3.63) is 29.8 Å². The Morgan fingerprint density at radius 2 is 2.05 bits per heavy atom. The van der Waals surface area contributed by atoms with Crippen molar-refractivity contribution in [2.24, 2.45) is 5.92 Å². The largest absolute Gasteiger partial charge is 0.478 e. The molecule has 1 saturated heterocycles. The summed E-state index contributed by atoms with van der Waals surface area (Å²) in [4.78, 5) is 23.0. The van der Waals surface area contributed by atoms with E-state index in [-0.39, 0.29) is 29.8 Å². The number of benzene rings is 1. The average Bonchev–Trinajstić information content (AvgIpc) is 2.40. The Morgan fingerprint density at radius 3 is 2.68 bits per heavy atom. The highest BCUT2D eigenvalue weighted by atomic mass is 35.5. The number of nitrogens with one attached hydrogen (secondary N) is 2. The number of rotatable bonds is 3. The molecule has 1 unspecified atom stereocenters. The molecule has 0 saturated carbocycles. The van der Waals surface area contributed by atoms with Crippen molar-refractivity contribution in [3.63, 3.8) is 0 Å². The number of aromatic carboxylic acids is 1. The predicted molar refractivity (Wildman–Crippen MR) is 74.9 cm³/mol. The Bertz CT molecular complexity index is 459. The van der Waals surface area contributed by atoms with Crippen molar-refractivity contribution in [1.29, 1.82) is 0 Å². The molecule has 1 atom stereocenters. The highest BCUT2D eigenvalue weighted by Crippen LogP contribution is 2.18. The van der Waals surface area contributed by atoms with Crippen LogP contribution in [0.1, 0.15) is 23.2 Å². The van der Waals surface area contributed by atoms with Crippen LogP contribution in [0.15, 0.2) is 24.3 Å². The Balaban J connectivity index is 0.00000180. The summed E-state index contributed by atoms with van der Waals surface area (Å²) in [5.74, 6) is -1.23. The first kappa shape index (κ1) is 15.5. The van der Waals surface area contributed by atoms with E-state index in [0.717, 1.165) is 19.4 Å². The van der Waals surface area contributed by atoms with Crippen molar-refractivity contribution in [3.8, 4) is 0 Å². The van der Waals surface area contributed by atoms with E-state index in [1.165, 1.54) is 6.07 Å². The molecule has 104 valence electrons. The van der Waals surface area contributed by atoms with Crippen LogP contribution in [0.2, 0.25) is 0 Å². The van der Waals surface area contributed by atoms with Crippen LogP contribution in [-0.4, -0.2) is 30.1 Å². The van der Waals surface area contributed by atoms with Gasteiger partial charge in [-0.15, -0.1) is 12.4 Å². The monoisotopic (exact) mass is 284 g/mol. The number of carbonyl (C=O) groups excluding carboxylic acids is 1. The van der Waals surface area contributed by atoms with E-state index in [9.17, 15) is 9.59 Å². The molecule has 1 aromatic carbocycles. The molecule has 5 nitrogen and oxygen atoms in total. The third-order valence-corrected chi connectivity index (χ3v) is 3.08. The minimum Gasteiger partial charge on any atom is -0.478 e. The molecule has 2 rings (SSSR count). The number of carboxylic acids is 1. The Labute approximate surface area is 117 Å². The molecule has 1 fully saturated rings. The van der Waals surface area contributed by atoms with E-state index in [1.807, 2.05) is 0 Å². The number of halogens is 1. The smallest absolute Gasteiger partial charge is 0.337 e. The highest BCUT2D eigenvalue weighted by Gasteiger charge is 2.22. The standard InChI is InChI=1S/C13H16N2O3.ClH/c16-12(9-4-3-7-14-8-9)15-11-6-2-1-5-10(11)13(17)18;/h1-2,5-6,9,14H,3-4,7-8H2,(H,15,16)(H,17,18);1H. The van der Waals surface area contributed by atoms with Gasteiger partial charge in [0, 0.05) is 6.54 Å². The minimum atomic E-state index is -1.03. The molecule has 0 bridgehead atoms. The van der Waals surface area contributed by atoms with Crippen LogP contribution >= 0.6 is 12.4 Å². The predicted octanol–water partition coefficient (Wildman–Crippen LogP) is 1.74. The van der Waals surface area contributed by atoms with Gasteiger partial charge in [-0.25, -0.2) is 4.79 Å². The van der Waals surface area contributed by atoms with Gasteiger partial charge in [0.2, 0.25) is 5.91 Å². The van der Waals surface area contributed by atoms with Gasteiger partial charge in [-0.2, -0.15) is 0 Å². The van der Waals surface area contributed by atoms with Gasteiger partial charge in [0.25, 0.3) is 0 Å². The van der Waals surface area contributed by atoms with Crippen LogP contribution in [0.25, 0.3) is 0 Å². The summed E-state index contributed by atoms with van der Waals surface area (Å²) in [7, 11) is 0. The lowest BCUT2D eigenvalue weighted by molar-refractivity contribution is -0.120. The summed E-state index contributed by atoms with van der Waals surface area (Å²) < 4.78 is 0. The van der Waals surface area contributed by atoms with Gasteiger partial charge < -0.3 is 15.7 Å². The van der Waals surface area contributed by atoms with Crippen molar-refractivity contribution in [2.45, 2.75) is 12.8 Å². The SMILES string of the molecule is Cl.O=C(O)c1ccccc1NC(=O)C1CCCNC1. The quantitative estimate of drug-likeness (QED) is 0.790. The molecule has 1 aliphatic rings. The van der Waals surface area contributed by atoms with E-state index >= 15 is 0 Å². The number of anilines is 1. The van der Waals surface area contributed by atoms with Crippen LogP contribution in [0.3, 0.4) is 0 Å². The van der Waals surface area contributed by atoms with Crippen molar-refractivity contribution < 1.29 is 14.7 Å². The lowest BCUT2D eigenvalue weighted by atomic mass is 9.98. The van der Waals surface area contributed by atoms with Gasteiger partial charge in [-0.1, -0.05) is 12.1 Å². The fourth-order valence-corrected chi connectivity index (χ4v) is 2.09. The van der Waals surface area contributed by atoms with E-state index in [1.54, 1.807) is 18.2 Å². The zero-order valence-corrected chi connectivity index (χ0v) is 11.2. The third-order valence-electron chi connectivity index (χ3n) is 3.08. The third kappa shape index (κ3) is 3.94. The number of carboxylic acid groups (broad SMARTS) is 1. The maximum atomic E-state index is 12.0. The number of hydrogen-bond acceptors (Lipinski definition) is 3. The summed E-state index contributed by atoms with van der Waals surface area (Å²) in [5, 5.41) is 14.9. The molecular weight excluding hydrogens is 268 g/mol. The van der Waals surface area contributed by atoms with Gasteiger partial charge in [-0.3, -0.25) is 4.79 Å². The molecule has 19 heavy (non-hydrogen) atoms. The first-order valence-electron chi connectivity index (χ1n) is 6.02. The summed E-state index contributed by atoms with van der Waals surface area (Å²) in [6.07, 6.45) is 1.81. The van der Waals surface area contributed by atoms with Crippen molar-refractivity contribution in [1.82, 2.24) is 5.32 Å². The van der Waals surface area contributed by atoms with E-state index in [4.69, 9.17) is 5.11 Å². The van der Waals surface area contributed by atoms with Gasteiger partial charge in [-0.05, 0) is 31.5 Å². The average molecular weight is 285 g/mol. The number of carbonyl (C=O) groups is 2. The molecular formula is C13H17ClN2O3. The number of piperidine rings is 1. The Hall–Kier alpha value is -1.59. The summed E-state index contributed by atoms with van der Waals surface area (Å²) in [6.45, 7) is 1.59. The number of amides is 1. The van der Waals surface area contributed by atoms with Crippen LogP contribution < -0.4 is 10.6 Å². The highest BCUT2D eigenvalue weighted by molar-refractivity contribution is 6.01. The molecule has 1 amide bonds. The maximum Gasteiger partial charge on any atom is 0.337 e. The summed E-state index contributed by atoms with van der Waals surface area (Å²) in [5.41, 5.74) is 0.482. The maximum absolute atomic E-state index is 12.0. The second-order valence-corrected chi connectivity index (χ2v) is 4.38. The van der Waals surface area contributed by atoms with Crippen LogP contribution in [0.4, 0.5) is 5.69 Å². The first-order chi connectivity index (χ1) is 8.68. The Morgan fingerprint density at radius 1 is 1.32 bits per heavy atom. The van der Waals surface area contributed by atoms with Gasteiger partial charge in [0.1, 0.15) is 0 Å². The van der Waals surface area contributed by atoms with Crippen molar-refractivity contribution in [2.75, 3.05) is 18.4 Å². The zero-order valence-electron chi connectivity index (χ0n) is 10.4. The van der Waals surface area contributed by atoms with E-state index in [0.29, 0.717) is 12.2 Å². The normalized spacial score (nSPS) is 18.2. The van der Waals surface area contributed by atoms with Crippen LogP contribution in [0.5, 0.6) is 0 Å². The molecule has 3 N–H and O–H groups in total. The molecule has 1 aromatic rings. The van der Waals surface area contributed by atoms with E-state index < -0.39 is 5.97 Å². The lowest BCUT2D eigenvalue weighted by Crippen LogP contribution is -2.37.